The van der Waals surface area contributed by atoms with Crippen molar-refractivity contribution in [3.8, 4) is 0 Å². The van der Waals surface area contributed by atoms with Crippen LogP contribution in [-0.2, 0) is 9.53 Å². The Balaban J connectivity index is 1.55. The van der Waals surface area contributed by atoms with Gasteiger partial charge in [-0.05, 0) is 31.2 Å². The van der Waals surface area contributed by atoms with Crippen LogP contribution in [0.4, 0.5) is 0 Å². The Morgan fingerprint density at radius 3 is 2.68 bits per heavy atom. The molecule has 4 nitrogen and oxygen atoms in total. The van der Waals surface area contributed by atoms with Gasteiger partial charge in [0.05, 0.1) is 6.10 Å². The van der Waals surface area contributed by atoms with Crippen LogP contribution < -0.4 is 5.32 Å². The lowest BCUT2D eigenvalue weighted by Crippen LogP contribution is -2.47. The van der Waals surface area contributed by atoms with Gasteiger partial charge in [0.15, 0.2) is 0 Å². The third-order valence-electron chi connectivity index (χ3n) is 4.95. The number of carbonyl (C=O) groups excluding carboxylic acids is 1. The van der Waals surface area contributed by atoms with Gasteiger partial charge < -0.3 is 15.2 Å². The van der Waals surface area contributed by atoms with E-state index in [1.807, 2.05) is 30.3 Å². The van der Waals surface area contributed by atoms with Crippen LogP contribution in [0.2, 0.25) is 0 Å². The molecule has 0 aromatic heterocycles. The number of benzene rings is 1. The lowest BCUT2D eigenvalue weighted by Gasteiger charge is -2.31. The molecule has 1 saturated carbocycles. The molecule has 4 heteroatoms. The summed E-state index contributed by atoms with van der Waals surface area (Å²) < 4.78 is 5.95. The number of rotatable bonds is 4. The van der Waals surface area contributed by atoms with E-state index in [4.69, 9.17) is 4.74 Å². The first-order valence-electron chi connectivity index (χ1n) is 8.39. The number of nitrogens with one attached hydrogen (secondary N) is 1. The fraction of sp³-hybridized carbons (Fsp3) is 0.611. The SMILES string of the molecule is O=C(N[C@@H]1CCCC[C@H]1CO)[C@@H]1CC[C@H](c2ccccc2)O1. The summed E-state index contributed by atoms with van der Waals surface area (Å²) in [6.45, 7) is 0.156. The van der Waals surface area contributed by atoms with Crippen LogP contribution in [0, 0.1) is 5.92 Å². The van der Waals surface area contributed by atoms with Crippen LogP contribution in [-0.4, -0.2) is 29.8 Å². The predicted octanol–water partition coefficient (Wildman–Crippen LogP) is 2.57. The molecule has 2 aliphatic rings. The molecule has 22 heavy (non-hydrogen) atoms. The van der Waals surface area contributed by atoms with Crippen LogP contribution in [0.5, 0.6) is 0 Å². The minimum atomic E-state index is -0.355. The lowest BCUT2D eigenvalue weighted by atomic mass is 9.85. The summed E-state index contributed by atoms with van der Waals surface area (Å²) in [4.78, 5) is 12.4. The molecule has 3 rings (SSSR count). The zero-order valence-corrected chi connectivity index (χ0v) is 12.9. The smallest absolute Gasteiger partial charge is 0.249 e. The molecule has 1 heterocycles. The zero-order chi connectivity index (χ0) is 15.4. The van der Waals surface area contributed by atoms with Crippen molar-refractivity contribution in [2.45, 2.75) is 56.8 Å². The van der Waals surface area contributed by atoms with E-state index in [1.165, 1.54) is 0 Å². The average molecular weight is 303 g/mol. The molecule has 1 aliphatic heterocycles. The summed E-state index contributed by atoms with van der Waals surface area (Å²) in [5.74, 6) is 0.188. The fourth-order valence-corrected chi connectivity index (χ4v) is 3.63. The Morgan fingerprint density at radius 2 is 1.91 bits per heavy atom. The molecule has 0 radical (unpaired) electrons. The molecule has 2 N–H and O–H groups in total. The van der Waals surface area contributed by atoms with E-state index >= 15 is 0 Å². The number of aliphatic hydroxyl groups excluding tert-OH is 1. The van der Waals surface area contributed by atoms with E-state index in [1.54, 1.807) is 0 Å². The van der Waals surface area contributed by atoms with Gasteiger partial charge in [0, 0.05) is 18.6 Å². The molecule has 1 aliphatic carbocycles. The highest BCUT2D eigenvalue weighted by Crippen LogP contribution is 2.33. The minimum absolute atomic E-state index is 0.0104. The quantitative estimate of drug-likeness (QED) is 0.899. The highest BCUT2D eigenvalue weighted by atomic mass is 16.5. The maximum absolute atomic E-state index is 12.4. The topological polar surface area (TPSA) is 58.6 Å². The first-order chi connectivity index (χ1) is 10.8. The number of hydrogen-bond acceptors (Lipinski definition) is 3. The molecule has 1 aromatic rings. The molecule has 1 aromatic carbocycles. The third kappa shape index (κ3) is 3.50. The molecule has 2 fully saturated rings. The van der Waals surface area contributed by atoms with Gasteiger partial charge in [-0.15, -0.1) is 0 Å². The van der Waals surface area contributed by atoms with Crippen molar-refractivity contribution in [3.05, 3.63) is 35.9 Å². The number of hydrogen-bond donors (Lipinski definition) is 2. The maximum Gasteiger partial charge on any atom is 0.249 e. The van der Waals surface area contributed by atoms with E-state index in [0.29, 0.717) is 0 Å². The second-order valence-electron chi connectivity index (χ2n) is 6.44. The molecule has 1 saturated heterocycles. The lowest BCUT2D eigenvalue weighted by molar-refractivity contribution is -0.133. The standard InChI is InChI=1S/C18H25NO3/c20-12-14-8-4-5-9-15(14)19-18(21)17-11-10-16(22-17)13-6-2-1-3-7-13/h1-3,6-7,14-17,20H,4-5,8-12H2,(H,19,21)/t14-,15+,16+,17-/m0/s1. The molecule has 120 valence electrons. The van der Waals surface area contributed by atoms with Gasteiger partial charge in [0.25, 0.3) is 0 Å². The van der Waals surface area contributed by atoms with Crippen molar-refractivity contribution in [1.29, 1.82) is 0 Å². The Hall–Kier alpha value is -1.39. The second kappa shape index (κ2) is 7.25. The molecule has 4 atom stereocenters. The summed E-state index contributed by atoms with van der Waals surface area (Å²) in [5, 5.41) is 12.6. The van der Waals surface area contributed by atoms with Crippen LogP contribution in [0.15, 0.2) is 30.3 Å². The number of aliphatic hydroxyl groups is 1. The number of carbonyl (C=O) groups is 1. The number of amides is 1. The summed E-state index contributed by atoms with van der Waals surface area (Å²) in [6.07, 6.45) is 5.56. The minimum Gasteiger partial charge on any atom is -0.396 e. The Bertz CT molecular complexity index is 490. The highest BCUT2D eigenvalue weighted by molar-refractivity contribution is 5.81. The van der Waals surface area contributed by atoms with Crippen LogP contribution in [0.25, 0.3) is 0 Å². The summed E-state index contributed by atoms with van der Waals surface area (Å²) >= 11 is 0. The number of ether oxygens (including phenoxy) is 1. The summed E-state index contributed by atoms with van der Waals surface area (Å²) in [6, 6.07) is 10.2. The van der Waals surface area contributed by atoms with Gasteiger partial charge >= 0.3 is 0 Å². The van der Waals surface area contributed by atoms with E-state index in [9.17, 15) is 9.90 Å². The third-order valence-corrected chi connectivity index (χ3v) is 4.95. The van der Waals surface area contributed by atoms with Crippen molar-refractivity contribution < 1.29 is 14.6 Å². The molecule has 0 unspecified atom stereocenters. The summed E-state index contributed by atoms with van der Waals surface area (Å²) in [7, 11) is 0. The van der Waals surface area contributed by atoms with Gasteiger partial charge in [0.1, 0.15) is 6.10 Å². The van der Waals surface area contributed by atoms with Gasteiger partial charge in [0.2, 0.25) is 5.91 Å². The second-order valence-corrected chi connectivity index (χ2v) is 6.44. The largest absolute Gasteiger partial charge is 0.396 e. The molecule has 1 amide bonds. The first kappa shape index (κ1) is 15.5. The van der Waals surface area contributed by atoms with Crippen LogP contribution in [0.3, 0.4) is 0 Å². The molecular formula is C18H25NO3. The first-order valence-corrected chi connectivity index (χ1v) is 8.39. The maximum atomic E-state index is 12.4. The van der Waals surface area contributed by atoms with E-state index in [0.717, 1.165) is 44.1 Å². The molecular weight excluding hydrogens is 278 g/mol. The van der Waals surface area contributed by atoms with Gasteiger partial charge in [-0.2, -0.15) is 0 Å². The summed E-state index contributed by atoms with van der Waals surface area (Å²) in [5.41, 5.74) is 1.14. The van der Waals surface area contributed by atoms with Crippen LogP contribution in [0.1, 0.15) is 50.2 Å². The van der Waals surface area contributed by atoms with Crippen molar-refractivity contribution in [3.63, 3.8) is 0 Å². The highest BCUT2D eigenvalue weighted by Gasteiger charge is 2.34. The van der Waals surface area contributed by atoms with Crippen molar-refractivity contribution >= 4 is 5.91 Å². The van der Waals surface area contributed by atoms with Crippen LogP contribution >= 0.6 is 0 Å². The Morgan fingerprint density at radius 1 is 1.14 bits per heavy atom. The normalized spacial score (nSPS) is 31.9. The Kier molecular flexibility index (Phi) is 5.11. The van der Waals surface area contributed by atoms with Crippen molar-refractivity contribution in [1.82, 2.24) is 5.32 Å². The monoisotopic (exact) mass is 303 g/mol. The molecule has 0 bridgehead atoms. The predicted molar refractivity (Wildman–Crippen MR) is 84.3 cm³/mol. The fourth-order valence-electron chi connectivity index (χ4n) is 3.63. The zero-order valence-electron chi connectivity index (χ0n) is 12.9. The van der Waals surface area contributed by atoms with E-state index in [2.05, 4.69) is 5.32 Å². The van der Waals surface area contributed by atoms with E-state index in [-0.39, 0.29) is 36.7 Å². The van der Waals surface area contributed by atoms with Gasteiger partial charge in [-0.1, -0.05) is 43.2 Å². The van der Waals surface area contributed by atoms with Gasteiger partial charge in [-0.25, -0.2) is 0 Å². The van der Waals surface area contributed by atoms with Crippen molar-refractivity contribution in [2.24, 2.45) is 5.92 Å². The van der Waals surface area contributed by atoms with Gasteiger partial charge in [-0.3, -0.25) is 4.79 Å². The van der Waals surface area contributed by atoms with Crippen molar-refractivity contribution in [2.75, 3.05) is 6.61 Å². The Labute approximate surface area is 131 Å². The molecule has 0 spiro atoms. The average Bonchev–Trinajstić information content (AvgIpc) is 3.06. The van der Waals surface area contributed by atoms with E-state index < -0.39 is 0 Å².